The van der Waals surface area contributed by atoms with Crippen LogP contribution in [0.15, 0.2) is 73.6 Å². The third-order valence-corrected chi connectivity index (χ3v) is 4.76. The first-order valence-electron chi connectivity index (χ1n) is 9.86. The van der Waals surface area contributed by atoms with Crippen LogP contribution in [0, 0.1) is 18.6 Å². The lowest BCUT2D eigenvalue weighted by molar-refractivity contribution is 0.478. The fourth-order valence-corrected chi connectivity index (χ4v) is 3.20. The van der Waals surface area contributed by atoms with Gasteiger partial charge in [-0.25, -0.2) is 13.8 Å². The van der Waals surface area contributed by atoms with E-state index in [2.05, 4.69) is 32.4 Å². The minimum Gasteiger partial charge on any atom is -0.457 e. The summed E-state index contributed by atoms with van der Waals surface area (Å²) in [7, 11) is 0. The average Bonchev–Trinajstić information content (AvgIpc) is 3.26. The van der Waals surface area contributed by atoms with Crippen LogP contribution in [0.1, 0.15) is 16.7 Å². The van der Waals surface area contributed by atoms with Crippen molar-refractivity contribution in [2.24, 2.45) is 0 Å². The van der Waals surface area contributed by atoms with Crippen molar-refractivity contribution in [1.82, 2.24) is 20.5 Å². The molecule has 32 heavy (non-hydrogen) atoms. The van der Waals surface area contributed by atoms with Gasteiger partial charge in [0.25, 0.3) is 0 Å². The normalized spacial score (nSPS) is 10.6. The summed E-state index contributed by atoms with van der Waals surface area (Å²) in [5, 5.41) is 12.9. The number of rotatable bonds is 8. The fourth-order valence-electron chi connectivity index (χ4n) is 3.20. The number of nitrogens with zero attached hydrogens (tertiary/aromatic N) is 2. The molecule has 162 valence electrons. The van der Waals surface area contributed by atoms with E-state index in [-0.39, 0.29) is 6.54 Å². The molecule has 0 fully saturated rings. The molecule has 0 saturated heterocycles. The van der Waals surface area contributed by atoms with Crippen LogP contribution in [0.5, 0.6) is 11.5 Å². The topological polar surface area (TPSA) is 74.9 Å². The maximum absolute atomic E-state index is 13.4. The first-order chi connectivity index (χ1) is 15.5. The molecule has 0 spiro atoms. The number of halogens is 2. The van der Waals surface area contributed by atoms with Gasteiger partial charge >= 0.3 is 0 Å². The highest BCUT2D eigenvalue weighted by molar-refractivity contribution is 5.67. The zero-order valence-corrected chi connectivity index (χ0v) is 17.3. The molecule has 0 bridgehead atoms. The molecule has 0 amide bonds. The highest BCUT2D eigenvalue weighted by Gasteiger charge is 2.10. The maximum Gasteiger partial charge on any atom is 0.135 e. The van der Waals surface area contributed by atoms with Gasteiger partial charge in [-0.05, 0) is 36.8 Å². The summed E-state index contributed by atoms with van der Waals surface area (Å²) in [5.41, 5.74) is 2.82. The molecule has 0 atom stereocenters. The Hall–Kier alpha value is -4.20. The molecule has 0 radical (unpaired) electrons. The van der Waals surface area contributed by atoms with Crippen molar-refractivity contribution in [1.29, 1.82) is 0 Å². The van der Waals surface area contributed by atoms with Crippen LogP contribution in [0.4, 0.5) is 20.4 Å². The second-order valence-electron chi connectivity index (χ2n) is 7.11. The Bertz CT molecular complexity index is 1220. The number of hydrogen-bond acceptors (Lipinski definition) is 5. The van der Waals surface area contributed by atoms with Gasteiger partial charge in [0.15, 0.2) is 0 Å². The summed E-state index contributed by atoms with van der Waals surface area (Å²) in [4.78, 5) is 4.27. The zero-order valence-electron chi connectivity index (χ0n) is 17.3. The third kappa shape index (κ3) is 5.10. The average molecular weight is 433 g/mol. The Morgan fingerprint density at radius 3 is 2.62 bits per heavy atom. The first kappa shape index (κ1) is 21.0. The summed E-state index contributed by atoms with van der Waals surface area (Å²) in [6, 6.07) is 14.4. The summed E-state index contributed by atoms with van der Waals surface area (Å²) in [5.74, 6) is 1.36. The Morgan fingerprint density at radius 1 is 1.06 bits per heavy atom. The van der Waals surface area contributed by atoms with Crippen molar-refractivity contribution in [2.75, 3.05) is 5.32 Å². The van der Waals surface area contributed by atoms with Crippen LogP contribution in [0.3, 0.4) is 0 Å². The smallest absolute Gasteiger partial charge is 0.135 e. The molecular weight excluding hydrogens is 412 g/mol. The molecule has 0 aliphatic rings. The SMILES string of the molecule is C=C(NCc1cc(F)cc(F)c1)c1cccc(Oc2ccnc(Nc3ccn[nH]3)c2)c1C. The lowest BCUT2D eigenvalue weighted by Gasteiger charge is -2.16. The fraction of sp³-hybridized carbons (Fsp3) is 0.0833. The summed E-state index contributed by atoms with van der Waals surface area (Å²) in [6.45, 7) is 6.23. The number of benzene rings is 2. The van der Waals surface area contributed by atoms with Crippen molar-refractivity contribution in [3.63, 3.8) is 0 Å². The minimum absolute atomic E-state index is 0.241. The van der Waals surface area contributed by atoms with Crippen LogP contribution in [0.2, 0.25) is 0 Å². The van der Waals surface area contributed by atoms with Crippen molar-refractivity contribution in [2.45, 2.75) is 13.5 Å². The molecule has 0 aliphatic carbocycles. The van der Waals surface area contributed by atoms with Crippen molar-refractivity contribution >= 4 is 17.3 Å². The number of aromatic nitrogens is 3. The van der Waals surface area contributed by atoms with Gasteiger partial charge in [0, 0.05) is 47.8 Å². The van der Waals surface area contributed by atoms with Crippen molar-refractivity contribution in [3.8, 4) is 11.5 Å². The Kier molecular flexibility index (Phi) is 6.12. The van der Waals surface area contributed by atoms with Crippen LogP contribution < -0.4 is 15.4 Å². The standard InChI is InChI=1S/C24H21F2N5O/c1-15-21(16(2)28-14-17-10-18(25)12-19(26)11-17)4-3-5-22(15)32-20-6-8-27-24(13-20)30-23-7-9-29-31-23/h3-13,28H,2,14H2,1H3,(H2,27,29,30,31). The summed E-state index contributed by atoms with van der Waals surface area (Å²) < 4.78 is 32.9. The van der Waals surface area contributed by atoms with Gasteiger partial charge in [-0.15, -0.1) is 0 Å². The Balaban J connectivity index is 1.47. The van der Waals surface area contributed by atoms with Crippen LogP contribution in [-0.2, 0) is 6.54 Å². The van der Waals surface area contributed by atoms with E-state index in [0.717, 1.165) is 17.2 Å². The molecule has 3 N–H and O–H groups in total. The lowest BCUT2D eigenvalue weighted by Crippen LogP contribution is -2.12. The highest BCUT2D eigenvalue weighted by Crippen LogP contribution is 2.30. The van der Waals surface area contributed by atoms with Crippen LogP contribution >= 0.6 is 0 Å². The van der Waals surface area contributed by atoms with Gasteiger partial charge in [-0.3, -0.25) is 5.10 Å². The molecular formula is C24H21F2N5O. The molecule has 4 rings (SSSR count). The van der Waals surface area contributed by atoms with E-state index in [1.54, 1.807) is 30.6 Å². The molecule has 4 aromatic rings. The van der Waals surface area contributed by atoms with E-state index in [4.69, 9.17) is 4.74 Å². The molecule has 0 unspecified atom stereocenters. The molecule has 0 aliphatic heterocycles. The number of ether oxygens (including phenoxy) is 1. The largest absolute Gasteiger partial charge is 0.457 e. The van der Waals surface area contributed by atoms with Crippen LogP contribution in [-0.4, -0.2) is 15.2 Å². The van der Waals surface area contributed by atoms with E-state index < -0.39 is 11.6 Å². The second kappa shape index (κ2) is 9.30. The summed E-state index contributed by atoms with van der Waals surface area (Å²) in [6.07, 6.45) is 3.29. The van der Waals surface area contributed by atoms with E-state index >= 15 is 0 Å². The predicted molar refractivity (Wildman–Crippen MR) is 120 cm³/mol. The van der Waals surface area contributed by atoms with E-state index in [0.29, 0.717) is 34.4 Å². The maximum atomic E-state index is 13.4. The van der Waals surface area contributed by atoms with Crippen molar-refractivity contribution < 1.29 is 13.5 Å². The number of anilines is 2. The van der Waals surface area contributed by atoms with Gasteiger partial charge in [-0.2, -0.15) is 5.10 Å². The van der Waals surface area contributed by atoms with Gasteiger partial charge in [-0.1, -0.05) is 18.7 Å². The van der Waals surface area contributed by atoms with Crippen LogP contribution in [0.25, 0.3) is 5.70 Å². The summed E-state index contributed by atoms with van der Waals surface area (Å²) >= 11 is 0. The number of H-pyrrole nitrogens is 1. The second-order valence-corrected chi connectivity index (χ2v) is 7.11. The molecule has 0 saturated carbocycles. The minimum atomic E-state index is -0.613. The molecule has 2 aromatic heterocycles. The van der Waals surface area contributed by atoms with Gasteiger partial charge in [0.1, 0.15) is 34.8 Å². The predicted octanol–water partition coefficient (Wildman–Crippen LogP) is 5.69. The number of aromatic amines is 1. The van der Waals surface area contributed by atoms with E-state index in [9.17, 15) is 8.78 Å². The Morgan fingerprint density at radius 2 is 1.88 bits per heavy atom. The quantitative estimate of drug-likeness (QED) is 0.333. The molecule has 8 heteroatoms. The number of hydrogen-bond donors (Lipinski definition) is 3. The highest BCUT2D eigenvalue weighted by atomic mass is 19.1. The van der Waals surface area contributed by atoms with E-state index in [1.807, 2.05) is 25.1 Å². The zero-order chi connectivity index (χ0) is 22.5. The molecule has 2 heterocycles. The first-order valence-corrected chi connectivity index (χ1v) is 9.86. The van der Waals surface area contributed by atoms with Gasteiger partial charge in [0.05, 0.1) is 6.20 Å². The van der Waals surface area contributed by atoms with Gasteiger partial charge < -0.3 is 15.4 Å². The molecule has 2 aromatic carbocycles. The van der Waals surface area contributed by atoms with E-state index in [1.165, 1.54) is 12.1 Å². The third-order valence-electron chi connectivity index (χ3n) is 4.76. The molecule has 6 nitrogen and oxygen atoms in total. The van der Waals surface area contributed by atoms with Gasteiger partial charge in [0.2, 0.25) is 0 Å². The monoisotopic (exact) mass is 433 g/mol. The Labute approximate surface area is 184 Å². The van der Waals surface area contributed by atoms with Crippen molar-refractivity contribution in [3.05, 3.63) is 102 Å². The number of pyridine rings is 1. The lowest BCUT2D eigenvalue weighted by atomic mass is 10.0. The number of nitrogens with one attached hydrogen (secondary N) is 3.